The number of carbonyl (C=O) groups is 1. The second kappa shape index (κ2) is 4.53. The molecular weight excluding hydrogens is 299 g/mol. The maximum atomic E-state index is 13.4. The Morgan fingerprint density at radius 3 is 1.90 bits per heavy atom. The average Bonchev–Trinajstić information content (AvgIpc) is 2.39. The van der Waals surface area contributed by atoms with E-state index in [-0.39, 0.29) is 0 Å². The van der Waals surface area contributed by atoms with Crippen molar-refractivity contribution >= 4 is 6.09 Å². The van der Waals surface area contributed by atoms with Gasteiger partial charge in [0.25, 0.3) is 0 Å². The van der Waals surface area contributed by atoms with E-state index in [0.717, 1.165) is 0 Å². The second-order valence-corrected chi connectivity index (χ2v) is 3.90. The highest BCUT2D eigenvalue weighted by molar-refractivity contribution is 5.69. The fraction of sp³-hybridized carbons (Fsp3) is 0.300. The molecule has 10 heteroatoms. The topological polar surface area (TPSA) is 38.3 Å². The number of rotatable bonds is 1. The van der Waals surface area contributed by atoms with Crippen LogP contribution in [0.1, 0.15) is 11.6 Å². The SMILES string of the molecule is O=C1N[C@@H](c2c(F)c(F)c(F)c(F)c2F)C(F)(F)CO1. The lowest BCUT2D eigenvalue weighted by atomic mass is 9.98. The Bertz CT molecular complexity index is 560. The number of nitrogens with one attached hydrogen (secondary N) is 1. The molecule has 0 bridgehead atoms. The van der Waals surface area contributed by atoms with E-state index in [1.807, 2.05) is 0 Å². The minimum absolute atomic E-state index is 1.33. The molecule has 1 N–H and O–H groups in total. The van der Waals surface area contributed by atoms with Gasteiger partial charge in [0.2, 0.25) is 5.82 Å². The van der Waals surface area contributed by atoms with Crippen LogP contribution in [0.25, 0.3) is 0 Å². The molecule has 20 heavy (non-hydrogen) atoms. The minimum atomic E-state index is -4.05. The number of carbonyl (C=O) groups excluding carboxylic acids is 1. The Hall–Kier alpha value is -2.00. The Kier molecular flexibility index (Phi) is 3.26. The molecule has 1 aliphatic heterocycles. The van der Waals surface area contributed by atoms with Crippen molar-refractivity contribution < 1.29 is 40.3 Å². The van der Waals surface area contributed by atoms with Crippen LogP contribution < -0.4 is 5.32 Å². The zero-order valence-electron chi connectivity index (χ0n) is 9.25. The lowest BCUT2D eigenvalue weighted by molar-refractivity contribution is -0.105. The number of benzene rings is 1. The number of cyclic esters (lactones) is 1. The first kappa shape index (κ1) is 14.4. The summed E-state index contributed by atoms with van der Waals surface area (Å²) in [5, 5.41) is 1.33. The molecule has 1 saturated heterocycles. The van der Waals surface area contributed by atoms with E-state index in [1.54, 1.807) is 0 Å². The van der Waals surface area contributed by atoms with Crippen LogP contribution in [-0.2, 0) is 4.74 Å². The molecule has 1 fully saturated rings. The van der Waals surface area contributed by atoms with Crippen molar-refractivity contribution in [1.82, 2.24) is 5.32 Å². The van der Waals surface area contributed by atoms with Crippen molar-refractivity contribution in [1.29, 1.82) is 0 Å². The lowest BCUT2D eigenvalue weighted by Gasteiger charge is -2.32. The molecule has 0 aliphatic carbocycles. The number of ether oxygens (including phenoxy) is 1. The fourth-order valence-corrected chi connectivity index (χ4v) is 1.67. The summed E-state index contributed by atoms with van der Waals surface area (Å²) in [4.78, 5) is 10.8. The molecule has 1 aromatic rings. The van der Waals surface area contributed by atoms with Gasteiger partial charge >= 0.3 is 12.0 Å². The van der Waals surface area contributed by atoms with Gasteiger partial charge in [-0.15, -0.1) is 0 Å². The Morgan fingerprint density at radius 2 is 1.40 bits per heavy atom. The highest BCUT2D eigenvalue weighted by Gasteiger charge is 2.50. The predicted octanol–water partition coefficient (Wildman–Crippen LogP) is 2.80. The summed E-state index contributed by atoms with van der Waals surface area (Å²) in [5.41, 5.74) is -1.82. The van der Waals surface area contributed by atoms with Gasteiger partial charge in [-0.25, -0.2) is 35.5 Å². The molecule has 1 heterocycles. The molecule has 1 amide bonds. The Labute approximate surface area is 106 Å². The highest BCUT2D eigenvalue weighted by Crippen LogP contribution is 2.38. The molecule has 1 aromatic carbocycles. The summed E-state index contributed by atoms with van der Waals surface area (Å²) >= 11 is 0. The molecule has 0 unspecified atom stereocenters. The van der Waals surface area contributed by atoms with Gasteiger partial charge in [0.1, 0.15) is 6.04 Å². The Balaban J connectivity index is 2.65. The molecule has 110 valence electrons. The molecule has 3 nitrogen and oxygen atoms in total. The summed E-state index contributed by atoms with van der Waals surface area (Å²) in [6.07, 6.45) is -1.47. The third-order valence-corrected chi connectivity index (χ3v) is 2.61. The predicted molar refractivity (Wildman–Crippen MR) is 48.4 cm³/mol. The van der Waals surface area contributed by atoms with Crippen LogP contribution >= 0.6 is 0 Å². The molecule has 0 radical (unpaired) electrons. The van der Waals surface area contributed by atoms with E-state index >= 15 is 0 Å². The molecular formula is C10H4F7NO2. The largest absolute Gasteiger partial charge is 0.443 e. The first-order valence-electron chi connectivity index (χ1n) is 4.99. The van der Waals surface area contributed by atoms with Crippen LogP contribution in [-0.4, -0.2) is 18.6 Å². The van der Waals surface area contributed by atoms with Crippen molar-refractivity contribution in [2.45, 2.75) is 12.0 Å². The number of hydrogen-bond acceptors (Lipinski definition) is 2. The van der Waals surface area contributed by atoms with Gasteiger partial charge in [0.05, 0.1) is 5.56 Å². The molecule has 0 spiro atoms. The van der Waals surface area contributed by atoms with Crippen molar-refractivity contribution in [3.05, 3.63) is 34.6 Å². The van der Waals surface area contributed by atoms with E-state index in [4.69, 9.17) is 0 Å². The summed E-state index contributed by atoms with van der Waals surface area (Å²) in [6.45, 7) is -1.55. The van der Waals surface area contributed by atoms with Gasteiger partial charge in [-0.1, -0.05) is 0 Å². The average molecular weight is 303 g/mol. The van der Waals surface area contributed by atoms with Gasteiger partial charge in [-0.3, -0.25) is 0 Å². The van der Waals surface area contributed by atoms with Crippen LogP contribution in [0.15, 0.2) is 0 Å². The van der Waals surface area contributed by atoms with Gasteiger partial charge < -0.3 is 10.1 Å². The normalized spacial score (nSPS) is 21.4. The number of amides is 1. The van der Waals surface area contributed by atoms with Crippen molar-refractivity contribution in [2.75, 3.05) is 6.61 Å². The molecule has 2 rings (SSSR count). The molecule has 1 atom stereocenters. The third kappa shape index (κ3) is 2.04. The van der Waals surface area contributed by atoms with Crippen LogP contribution in [0.4, 0.5) is 35.5 Å². The van der Waals surface area contributed by atoms with Crippen molar-refractivity contribution in [3.8, 4) is 0 Å². The van der Waals surface area contributed by atoms with E-state index < -0.39 is 59.3 Å². The number of alkyl halides is 2. The summed E-state index contributed by atoms with van der Waals surface area (Å²) < 4.78 is 96.3. The van der Waals surface area contributed by atoms with E-state index in [1.165, 1.54) is 5.32 Å². The van der Waals surface area contributed by atoms with E-state index in [9.17, 15) is 35.5 Å². The van der Waals surface area contributed by atoms with Crippen molar-refractivity contribution in [2.24, 2.45) is 0 Å². The summed E-state index contributed by atoms with van der Waals surface area (Å²) in [7, 11) is 0. The number of alkyl carbamates (subject to hydrolysis) is 1. The third-order valence-electron chi connectivity index (χ3n) is 2.61. The Morgan fingerprint density at radius 1 is 0.950 bits per heavy atom. The van der Waals surface area contributed by atoms with Gasteiger partial charge in [0.15, 0.2) is 29.9 Å². The zero-order chi connectivity index (χ0) is 15.2. The monoisotopic (exact) mass is 303 g/mol. The summed E-state index contributed by atoms with van der Waals surface area (Å²) in [5.74, 6) is -16.2. The maximum absolute atomic E-state index is 13.4. The minimum Gasteiger partial charge on any atom is -0.443 e. The van der Waals surface area contributed by atoms with Gasteiger partial charge in [0, 0.05) is 0 Å². The number of hydrogen-bond donors (Lipinski definition) is 1. The maximum Gasteiger partial charge on any atom is 0.408 e. The van der Waals surface area contributed by atoms with E-state index in [2.05, 4.69) is 4.74 Å². The second-order valence-electron chi connectivity index (χ2n) is 3.90. The van der Waals surface area contributed by atoms with Crippen LogP contribution in [0.3, 0.4) is 0 Å². The fourth-order valence-electron chi connectivity index (χ4n) is 1.67. The molecule has 1 aliphatic rings. The van der Waals surface area contributed by atoms with Gasteiger partial charge in [-0.2, -0.15) is 0 Å². The van der Waals surface area contributed by atoms with E-state index in [0.29, 0.717) is 0 Å². The van der Waals surface area contributed by atoms with Gasteiger partial charge in [-0.05, 0) is 0 Å². The lowest BCUT2D eigenvalue weighted by Crippen LogP contribution is -2.50. The first-order chi connectivity index (χ1) is 9.16. The smallest absolute Gasteiger partial charge is 0.408 e. The van der Waals surface area contributed by atoms with Crippen LogP contribution in [0, 0.1) is 29.1 Å². The standard InChI is InChI=1S/C10H4F7NO2/c11-3-2(4(12)6(14)7(15)5(3)13)8-10(16,17)1-20-9(19)18-8/h8H,1H2,(H,18,19)/t8-/m0/s1. The first-order valence-corrected chi connectivity index (χ1v) is 4.99. The number of halogens is 7. The zero-order valence-corrected chi connectivity index (χ0v) is 9.25. The van der Waals surface area contributed by atoms with Crippen LogP contribution in [0.5, 0.6) is 0 Å². The molecule has 0 saturated carbocycles. The van der Waals surface area contributed by atoms with Crippen molar-refractivity contribution in [3.63, 3.8) is 0 Å². The quantitative estimate of drug-likeness (QED) is 0.492. The summed E-state index contributed by atoms with van der Waals surface area (Å²) in [6, 6.07) is -2.73. The highest BCUT2D eigenvalue weighted by atomic mass is 19.3. The molecule has 0 aromatic heterocycles. The van der Waals surface area contributed by atoms with Crippen LogP contribution in [0.2, 0.25) is 0 Å².